The van der Waals surface area contributed by atoms with Gasteiger partial charge >= 0.3 is 0 Å². The van der Waals surface area contributed by atoms with Gasteiger partial charge in [0.05, 0.1) is 18.1 Å². The Labute approximate surface area is 76.2 Å². The van der Waals surface area contributed by atoms with Crippen molar-refractivity contribution >= 4 is 11.8 Å². The second-order valence-corrected chi connectivity index (χ2v) is 3.37. The van der Waals surface area contributed by atoms with E-state index in [4.69, 9.17) is 5.11 Å². The molecular formula is C8H12N2OS. The number of aryl methyl sites for hydroxylation is 1. The minimum atomic E-state index is -0.00919. The molecule has 66 valence electrons. The SMILES string of the molecule is CSCc1nc(C)cc(CO)n1. The maximum absolute atomic E-state index is 8.86. The largest absolute Gasteiger partial charge is 0.390 e. The molecule has 0 saturated heterocycles. The molecule has 1 N–H and O–H groups in total. The molecule has 0 bridgehead atoms. The van der Waals surface area contributed by atoms with E-state index in [9.17, 15) is 0 Å². The van der Waals surface area contributed by atoms with Gasteiger partial charge in [-0.05, 0) is 19.2 Å². The summed E-state index contributed by atoms with van der Waals surface area (Å²) in [5.74, 6) is 1.60. The molecule has 0 fully saturated rings. The van der Waals surface area contributed by atoms with Gasteiger partial charge in [-0.25, -0.2) is 9.97 Å². The normalized spacial score (nSPS) is 10.2. The predicted octanol–water partition coefficient (Wildman–Crippen LogP) is 1.14. The molecule has 0 aromatic carbocycles. The number of aromatic nitrogens is 2. The van der Waals surface area contributed by atoms with Crippen molar-refractivity contribution in [2.75, 3.05) is 6.26 Å². The summed E-state index contributed by atoms with van der Waals surface area (Å²) in [5, 5.41) is 8.86. The predicted molar refractivity (Wildman–Crippen MR) is 49.9 cm³/mol. The van der Waals surface area contributed by atoms with Crippen molar-refractivity contribution in [2.45, 2.75) is 19.3 Å². The van der Waals surface area contributed by atoms with Gasteiger partial charge in [-0.3, -0.25) is 0 Å². The Hall–Kier alpha value is -0.610. The lowest BCUT2D eigenvalue weighted by molar-refractivity contribution is 0.276. The zero-order chi connectivity index (χ0) is 8.97. The average molecular weight is 184 g/mol. The van der Waals surface area contributed by atoms with E-state index in [2.05, 4.69) is 9.97 Å². The summed E-state index contributed by atoms with van der Waals surface area (Å²) in [5.41, 5.74) is 1.62. The second-order valence-electron chi connectivity index (χ2n) is 2.51. The van der Waals surface area contributed by atoms with E-state index in [-0.39, 0.29) is 6.61 Å². The molecule has 4 heteroatoms. The Kier molecular flexibility index (Phi) is 3.49. The van der Waals surface area contributed by atoms with Crippen LogP contribution in [-0.2, 0) is 12.4 Å². The molecule has 1 heterocycles. The average Bonchev–Trinajstić information content (AvgIpc) is 2.04. The third-order valence-corrected chi connectivity index (χ3v) is 1.94. The van der Waals surface area contributed by atoms with E-state index in [0.717, 1.165) is 17.3 Å². The molecule has 0 aliphatic heterocycles. The molecule has 0 amide bonds. The molecule has 0 saturated carbocycles. The molecule has 0 unspecified atom stereocenters. The zero-order valence-electron chi connectivity index (χ0n) is 7.24. The Balaban J connectivity index is 2.90. The van der Waals surface area contributed by atoms with Crippen molar-refractivity contribution in [1.29, 1.82) is 0 Å². The lowest BCUT2D eigenvalue weighted by atomic mass is 10.3. The topological polar surface area (TPSA) is 46.0 Å². The van der Waals surface area contributed by atoms with Gasteiger partial charge in [0.25, 0.3) is 0 Å². The lowest BCUT2D eigenvalue weighted by Gasteiger charge is -2.01. The number of thioether (sulfide) groups is 1. The van der Waals surface area contributed by atoms with E-state index in [1.165, 1.54) is 0 Å². The highest BCUT2D eigenvalue weighted by Gasteiger charge is 1.99. The van der Waals surface area contributed by atoms with E-state index in [1.54, 1.807) is 17.8 Å². The van der Waals surface area contributed by atoms with Crippen molar-refractivity contribution in [3.8, 4) is 0 Å². The molecule has 0 atom stereocenters. The quantitative estimate of drug-likeness (QED) is 0.765. The molecule has 12 heavy (non-hydrogen) atoms. The van der Waals surface area contributed by atoms with Gasteiger partial charge in [-0.1, -0.05) is 0 Å². The Morgan fingerprint density at radius 1 is 1.50 bits per heavy atom. The van der Waals surface area contributed by atoms with Crippen molar-refractivity contribution < 1.29 is 5.11 Å². The number of hydrogen-bond donors (Lipinski definition) is 1. The van der Waals surface area contributed by atoms with Gasteiger partial charge in [-0.15, -0.1) is 0 Å². The van der Waals surface area contributed by atoms with Crippen molar-refractivity contribution in [2.24, 2.45) is 0 Å². The maximum atomic E-state index is 8.86. The van der Waals surface area contributed by atoms with Crippen LogP contribution in [0, 0.1) is 6.92 Å². The highest BCUT2D eigenvalue weighted by molar-refractivity contribution is 7.97. The van der Waals surface area contributed by atoms with Crippen molar-refractivity contribution in [3.63, 3.8) is 0 Å². The van der Waals surface area contributed by atoms with Crippen LogP contribution in [0.2, 0.25) is 0 Å². The number of hydrogen-bond acceptors (Lipinski definition) is 4. The van der Waals surface area contributed by atoms with Gasteiger partial charge in [0.1, 0.15) is 5.82 Å². The molecule has 0 spiro atoms. The number of nitrogens with zero attached hydrogens (tertiary/aromatic N) is 2. The molecule has 1 aromatic heterocycles. The molecule has 0 aliphatic rings. The maximum Gasteiger partial charge on any atom is 0.138 e. The first-order chi connectivity index (χ1) is 5.76. The molecule has 0 radical (unpaired) electrons. The summed E-state index contributed by atoms with van der Waals surface area (Å²) in [6.07, 6.45) is 2.00. The Morgan fingerprint density at radius 2 is 2.25 bits per heavy atom. The Bertz CT molecular complexity index is 265. The second kappa shape index (κ2) is 4.42. The molecule has 3 nitrogen and oxygen atoms in total. The van der Waals surface area contributed by atoms with Crippen LogP contribution in [0.4, 0.5) is 0 Å². The van der Waals surface area contributed by atoms with Crippen molar-refractivity contribution in [3.05, 3.63) is 23.3 Å². The van der Waals surface area contributed by atoms with Crippen LogP contribution in [0.25, 0.3) is 0 Å². The third kappa shape index (κ3) is 2.46. The first kappa shape index (κ1) is 9.48. The van der Waals surface area contributed by atoms with Gasteiger partial charge in [0.15, 0.2) is 0 Å². The number of aliphatic hydroxyl groups is 1. The fraction of sp³-hybridized carbons (Fsp3) is 0.500. The van der Waals surface area contributed by atoms with E-state index in [0.29, 0.717) is 5.69 Å². The lowest BCUT2D eigenvalue weighted by Crippen LogP contribution is -1.99. The van der Waals surface area contributed by atoms with Crippen LogP contribution in [0.5, 0.6) is 0 Å². The number of aliphatic hydroxyl groups excluding tert-OH is 1. The van der Waals surface area contributed by atoms with Crippen LogP contribution in [0.1, 0.15) is 17.2 Å². The van der Waals surface area contributed by atoms with Crippen molar-refractivity contribution in [1.82, 2.24) is 9.97 Å². The fourth-order valence-electron chi connectivity index (χ4n) is 0.975. The highest BCUT2D eigenvalue weighted by atomic mass is 32.2. The standard InChI is InChI=1S/C8H12N2OS/c1-6-3-7(4-11)10-8(9-6)5-12-2/h3,11H,4-5H2,1-2H3. The first-order valence-electron chi connectivity index (χ1n) is 3.69. The fourth-order valence-corrected chi connectivity index (χ4v) is 1.36. The summed E-state index contributed by atoms with van der Waals surface area (Å²) >= 11 is 1.68. The first-order valence-corrected chi connectivity index (χ1v) is 5.09. The minimum absolute atomic E-state index is 0.00919. The smallest absolute Gasteiger partial charge is 0.138 e. The molecule has 1 aromatic rings. The van der Waals surface area contributed by atoms with Crippen LogP contribution in [0.3, 0.4) is 0 Å². The summed E-state index contributed by atoms with van der Waals surface area (Å²) in [6, 6.07) is 1.80. The molecule has 0 aliphatic carbocycles. The summed E-state index contributed by atoms with van der Waals surface area (Å²) in [6.45, 7) is 1.90. The van der Waals surface area contributed by atoms with E-state index >= 15 is 0 Å². The highest BCUT2D eigenvalue weighted by Crippen LogP contribution is 2.06. The van der Waals surface area contributed by atoms with Gasteiger partial charge in [0, 0.05) is 5.69 Å². The third-order valence-electron chi connectivity index (χ3n) is 1.39. The van der Waals surface area contributed by atoms with Gasteiger partial charge in [0.2, 0.25) is 0 Å². The van der Waals surface area contributed by atoms with Gasteiger partial charge in [-0.2, -0.15) is 11.8 Å². The van der Waals surface area contributed by atoms with Crippen LogP contribution >= 0.6 is 11.8 Å². The van der Waals surface area contributed by atoms with Gasteiger partial charge < -0.3 is 5.11 Å². The number of rotatable bonds is 3. The van der Waals surface area contributed by atoms with Crippen LogP contribution in [0.15, 0.2) is 6.07 Å². The molecular weight excluding hydrogens is 172 g/mol. The summed E-state index contributed by atoms with van der Waals surface area (Å²) in [4.78, 5) is 8.39. The molecule has 1 rings (SSSR count). The monoisotopic (exact) mass is 184 g/mol. The summed E-state index contributed by atoms with van der Waals surface area (Å²) < 4.78 is 0. The zero-order valence-corrected chi connectivity index (χ0v) is 8.06. The minimum Gasteiger partial charge on any atom is -0.390 e. The van der Waals surface area contributed by atoms with Crippen LogP contribution in [-0.4, -0.2) is 21.3 Å². The van der Waals surface area contributed by atoms with Crippen LogP contribution < -0.4 is 0 Å². The Morgan fingerprint density at radius 3 is 2.83 bits per heavy atom. The van der Waals surface area contributed by atoms with E-state index in [1.807, 2.05) is 13.2 Å². The van der Waals surface area contributed by atoms with E-state index < -0.39 is 0 Å². The summed E-state index contributed by atoms with van der Waals surface area (Å²) in [7, 11) is 0.